The molecule has 3 N–H and O–H groups in total. The standard InChI is InChI=1S/C24H29FN6O4/c1-14(32)19-18(12-30-7-9-34-10-8-30)31-21(22(26)27-13-28-31)20(19)15-5-6-17(16(25)11-15)29-23(33)35-24(2,3)4/h5-6,11,13H,7-10,12H2,1-4H3,(H,29,33)(H2,26,27,28). The normalized spacial score (nSPS) is 14.8. The molecule has 0 aliphatic carbocycles. The molecule has 3 aromatic rings. The number of carbonyl (C=O) groups is 2. The van der Waals surface area contributed by atoms with Gasteiger partial charge in [0.05, 0.1) is 30.2 Å². The summed E-state index contributed by atoms with van der Waals surface area (Å²) < 4.78 is 27.3. The highest BCUT2D eigenvalue weighted by molar-refractivity contribution is 6.08. The van der Waals surface area contributed by atoms with Gasteiger partial charge < -0.3 is 15.2 Å². The van der Waals surface area contributed by atoms with Gasteiger partial charge in [-0.15, -0.1) is 0 Å². The Morgan fingerprint density at radius 3 is 2.60 bits per heavy atom. The molecular formula is C24H29FN6O4. The van der Waals surface area contributed by atoms with Gasteiger partial charge in [-0.2, -0.15) is 5.10 Å². The third kappa shape index (κ3) is 5.25. The molecule has 186 valence electrons. The molecule has 3 heterocycles. The van der Waals surface area contributed by atoms with Gasteiger partial charge in [0.25, 0.3) is 0 Å². The quantitative estimate of drug-likeness (QED) is 0.528. The number of nitrogens with two attached hydrogens (primary N) is 1. The van der Waals surface area contributed by atoms with E-state index < -0.39 is 17.5 Å². The minimum atomic E-state index is -0.770. The fourth-order valence-electron chi connectivity index (χ4n) is 4.14. The van der Waals surface area contributed by atoms with Crippen LogP contribution in [0.2, 0.25) is 0 Å². The van der Waals surface area contributed by atoms with Crippen molar-refractivity contribution >= 4 is 28.9 Å². The van der Waals surface area contributed by atoms with Crippen LogP contribution in [0.15, 0.2) is 24.5 Å². The van der Waals surface area contributed by atoms with Crippen LogP contribution in [0.4, 0.5) is 20.7 Å². The van der Waals surface area contributed by atoms with E-state index >= 15 is 4.39 Å². The Morgan fingerprint density at radius 2 is 1.97 bits per heavy atom. The number of nitrogens with one attached hydrogen (secondary N) is 1. The third-order valence-electron chi connectivity index (χ3n) is 5.57. The topological polar surface area (TPSA) is 124 Å². The number of hydrogen-bond donors (Lipinski definition) is 2. The number of aromatic nitrogens is 3. The van der Waals surface area contributed by atoms with Crippen molar-refractivity contribution in [2.24, 2.45) is 0 Å². The number of anilines is 2. The number of ether oxygens (including phenoxy) is 2. The highest BCUT2D eigenvalue weighted by Crippen LogP contribution is 2.37. The molecule has 10 nitrogen and oxygen atoms in total. The van der Waals surface area contributed by atoms with Gasteiger partial charge in [-0.25, -0.2) is 18.7 Å². The van der Waals surface area contributed by atoms with Crippen LogP contribution in [-0.4, -0.2) is 63.3 Å². The van der Waals surface area contributed by atoms with E-state index in [2.05, 4.69) is 20.3 Å². The molecule has 1 amide bonds. The molecule has 11 heteroatoms. The molecule has 1 aromatic carbocycles. The van der Waals surface area contributed by atoms with E-state index in [1.54, 1.807) is 31.4 Å². The zero-order chi connectivity index (χ0) is 25.3. The Balaban J connectivity index is 1.80. The SMILES string of the molecule is CC(=O)c1c(-c2ccc(NC(=O)OC(C)(C)C)c(F)c2)c2c(N)ncnn2c1CN1CCOCC1. The first-order valence-corrected chi connectivity index (χ1v) is 11.3. The van der Waals surface area contributed by atoms with Crippen LogP contribution >= 0.6 is 0 Å². The Bertz CT molecular complexity index is 1280. The summed E-state index contributed by atoms with van der Waals surface area (Å²) in [6.07, 6.45) is 0.557. The summed E-state index contributed by atoms with van der Waals surface area (Å²) >= 11 is 0. The van der Waals surface area contributed by atoms with Gasteiger partial charge in [0.2, 0.25) is 0 Å². The maximum atomic E-state index is 15.1. The molecule has 0 atom stereocenters. The maximum Gasteiger partial charge on any atom is 0.412 e. The van der Waals surface area contributed by atoms with Gasteiger partial charge in [-0.05, 0) is 45.4 Å². The van der Waals surface area contributed by atoms with Crippen LogP contribution in [-0.2, 0) is 16.0 Å². The number of rotatable bonds is 5. The Hall–Kier alpha value is -3.57. The predicted molar refractivity (Wildman–Crippen MR) is 129 cm³/mol. The molecule has 1 aliphatic rings. The summed E-state index contributed by atoms with van der Waals surface area (Å²) in [6, 6.07) is 4.28. The molecular weight excluding hydrogens is 455 g/mol. The number of amides is 1. The molecule has 0 saturated carbocycles. The molecule has 0 radical (unpaired) electrons. The maximum absolute atomic E-state index is 15.1. The Morgan fingerprint density at radius 1 is 1.26 bits per heavy atom. The summed E-state index contributed by atoms with van der Waals surface area (Å²) in [5.74, 6) is -0.723. The lowest BCUT2D eigenvalue weighted by Gasteiger charge is -2.26. The van der Waals surface area contributed by atoms with Gasteiger partial charge >= 0.3 is 6.09 Å². The van der Waals surface area contributed by atoms with Gasteiger partial charge in [-0.3, -0.25) is 15.0 Å². The molecule has 1 aliphatic heterocycles. The van der Waals surface area contributed by atoms with Crippen molar-refractivity contribution in [1.29, 1.82) is 0 Å². The fraction of sp³-hybridized carbons (Fsp3) is 0.417. The number of halogens is 1. The van der Waals surface area contributed by atoms with Crippen molar-refractivity contribution < 1.29 is 23.5 Å². The number of nitrogen functional groups attached to an aromatic ring is 1. The van der Waals surface area contributed by atoms with Crippen molar-refractivity contribution in [2.45, 2.75) is 39.8 Å². The molecule has 1 fully saturated rings. The van der Waals surface area contributed by atoms with E-state index in [0.29, 0.717) is 60.7 Å². The number of fused-ring (bicyclic) bond motifs is 1. The molecule has 0 unspecified atom stereocenters. The van der Waals surface area contributed by atoms with Gasteiger partial charge in [-0.1, -0.05) is 6.07 Å². The van der Waals surface area contributed by atoms with Crippen molar-refractivity contribution in [2.75, 3.05) is 37.4 Å². The number of Topliss-reactive ketones (excluding diaryl/α,β-unsaturated/α-hetero) is 1. The number of benzene rings is 1. The van der Waals surface area contributed by atoms with Gasteiger partial charge in [0, 0.05) is 25.2 Å². The first kappa shape index (κ1) is 24.6. The average molecular weight is 485 g/mol. The number of carbonyl (C=O) groups excluding carboxylic acids is 2. The zero-order valence-corrected chi connectivity index (χ0v) is 20.2. The Kier molecular flexibility index (Phi) is 6.73. The Labute approximate surface area is 202 Å². The van der Waals surface area contributed by atoms with Gasteiger partial charge in [0.15, 0.2) is 11.6 Å². The van der Waals surface area contributed by atoms with Crippen LogP contribution in [0.5, 0.6) is 0 Å². The van der Waals surface area contributed by atoms with Crippen LogP contribution in [0.25, 0.3) is 16.6 Å². The van der Waals surface area contributed by atoms with Crippen molar-refractivity contribution in [3.8, 4) is 11.1 Å². The highest BCUT2D eigenvalue weighted by Gasteiger charge is 2.28. The van der Waals surface area contributed by atoms with Crippen LogP contribution < -0.4 is 11.1 Å². The minimum Gasteiger partial charge on any atom is -0.444 e. The van der Waals surface area contributed by atoms with E-state index in [1.165, 1.54) is 25.4 Å². The fourth-order valence-corrected chi connectivity index (χ4v) is 4.14. The molecule has 0 bridgehead atoms. The molecule has 0 spiro atoms. The minimum absolute atomic E-state index is 0.0475. The van der Waals surface area contributed by atoms with Crippen molar-refractivity contribution in [1.82, 2.24) is 19.5 Å². The largest absolute Gasteiger partial charge is 0.444 e. The number of nitrogens with zero attached hydrogens (tertiary/aromatic N) is 4. The number of morpholine rings is 1. The lowest BCUT2D eigenvalue weighted by Crippen LogP contribution is -2.36. The van der Waals surface area contributed by atoms with E-state index in [0.717, 1.165) is 0 Å². The average Bonchev–Trinajstić information content (AvgIpc) is 3.10. The second-order valence-electron chi connectivity index (χ2n) is 9.37. The first-order valence-electron chi connectivity index (χ1n) is 11.3. The smallest absolute Gasteiger partial charge is 0.412 e. The van der Waals surface area contributed by atoms with Crippen LogP contribution in [0.1, 0.15) is 43.7 Å². The summed E-state index contributed by atoms with van der Waals surface area (Å²) in [4.78, 5) is 31.3. The first-order chi connectivity index (χ1) is 16.5. The summed E-state index contributed by atoms with van der Waals surface area (Å²) in [5, 5.41) is 6.77. The van der Waals surface area contributed by atoms with E-state index in [4.69, 9.17) is 15.2 Å². The molecule has 4 rings (SSSR count). The molecule has 35 heavy (non-hydrogen) atoms. The molecule has 2 aromatic heterocycles. The summed E-state index contributed by atoms with van der Waals surface area (Å²) in [6.45, 7) is 9.66. The van der Waals surface area contributed by atoms with Crippen LogP contribution in [0, 0.1) is 5.82 Å². The van der Waals surface area contributed by atoms with Crippen molar-refractivity contribution in [3.63, 3.8) is 0 Å². The number of hydrogen-bond acceptors (Lipinski definition) is 8. The van der Waals surface area contributed by atoms with Crippen LogP contribution in [0.3, 0.4) is 0 Å². The monoisotopic (exact) mass is 484 g/mol. The lowest BCUT2D eigenvalue weighted by molar-refractivity contribution is 0.0333. The van der Waals surface area contributed by atoms with E-state index in [-0.39, 0.29) is 17.3 Å². The lowest BCUT2D eigenvalue weighted by atomic mass is 9.98. The van der Waals surface area contributed by atoms with Gasteiger partial charge in [0.1, 0.15) is 23.3 Å². The third-order valence-corrected chi connectivity index (χ3v) is 5.57. The van der Waals surface area contributed by atoms with E-state index in [9.17, 15) is 9.59 Å². The predicted octanol–water partition coefficient (Wildman–Crippen LogP) is 3.50. The summed E-state index contributed by atoms with van der Waals surface area (Å²) in [5.41, 5.74) is 7.77. The second kappa shape index (κ2) is 9.59. The highest BCUT2D eigenvalue weighted by atomic mass is 19.1. The summed E-state index contributed by atoms with van der Waals surface area (Å²) in [7, 11) is 0. The second-order valence-corrected chi connectivity index (χ2v) is 9.37. The zero-order valence-electron chi connectivity index (χ0n) is 20.2. The van der Waals surface area contributed by atoms with Crippen molar-refractivity contribution in [3.05, 3.63) is 41.6 Å². The molecule has 1 saturated heterocycles. The number of ketones is 1. The van der Waals surface area contributed by atoms with E-state index in [1.807, 2.05) is 0 Å².